The van der Waals surface area contributed by atoms with Crippen LogP contribution in [0.3, 0.4) is 0 Å². The first-order valence-electron chi connectivity index (χ1n) is 43.0. The summed E-state index contributed by atoms with van der Waals surface area (Å²) in [6.07, 6.45) is 7.54. The molecule has 1 heterocycles. The number of carbonyl (C=O) groups excluding carboxylic acids is 15. The van der Waals surface area contributed by atoms with Crippen LogP contribution in [0.15, 0.2) is 0 Å². The summed E-state index contributed by atoms with van der Waals surface area (Å²) in [6.45, 7) is 24.6. The molecule has 0 unspecified atom stereocenters. The van der Waals surface area contributed by atoms with Gasteiger partial charge in [0.05, 0.1) is 6.54 Å². The number of amides is 15. The average molecular weight is 1660 g/mol. The number of likely N-dealkylation sites (tertiary alicyclic amines) is 1. The highest BCUT2D eigenvalue weighted by Gasteiger charge is 2.42. The molecule has 0 aromatic carbocycles. The van der Waals surface area contributed by atoms with Gasteiger partial charge in [-0.2, -0.15) is 0 Å². The van der Waals surface area contributed by atoms with Crippen molar-refractivity contribution >= 4 is 88.6 Å². The molecule has 0 saturated carbocycles. The topological polar surface area (TPSA) is 598 Å². The fraction of sp³-hybridized carbons (Fsp3) is 0.815. The van der Waals surface area contributed by atoms with Gasteiger partial charge in [0.25, 0.3) is 0 Å². The molecule has 1 fully saturated rings. The fourth-order valence-corrected chi connectivity index (χ4v) is 13.8. The van der Waals surface area contributed by atoms with E-state index in [9.17, 15) is 71.9 Å². The average Bonchev–Trinajstić information content (AvgIpc) is 1.72. The number of nitrogens with one attached hydrogen (secondary N) is 13. The molecule has 15 amide bonds. The largest absolute Gasteiger partial charge is 0.368 e. The number of carbonyl (C=O) groups is 15. The van der Waals surface area contributed by atoms with Crippen LogP contribution in [0.25, 0.3) is 0 Å². The first-order valence-corrected chi connectivity index (χ1v) is 43.0. The highest BCUT2D eigenvalue weighted by Crippen LogP contribution is 2.23. The molecule has 1 aliphatic rings. The number of rotatable bonds is 63. The molecule has 1 aliphatic heterocycles. The summed E-state index contributed by atoms with van der Waals surface area (Å²) in [5, 5.41) is 35.9. The number of hydrogen-bond donors (Lipinski definition) is 20. The van der Waals surface area contributed by atoms with Crippen molar-refractivity contribution in [3.05, 3.63) is 0 Å². The standard InChI is InChI=1S/C81H153N21O15/c1-48(2)41-61(69(88)105)97-73(109)57(29-16-22-36-84)94-77(113)64(44-51(7)8)100-79(115)65(45-52(9)10)99-75(111)58(30-17-23-37-85)92-71(107)55(27-14-20-34-82)91-68(104)47-89-70(106)62(42-49(3)4)98-74(110)59(31-18-24-38-86)95-78(114)66(46-53(11)12)101-80(116)67-33-26-40-102(67)81(117)60(32-19-25-39-87)96-72(108)56(28-15-21-35-83)93-76(112)63(43-50(5)6)90-54(13)103/h48-53,55-67H,14-47,82-87H2,1-13H3,(H2,88,105)(H,89,106)(H,90,103)(H,91,104)(H,92,107)(H,93,112)(H,94,113)(H,95,114)(H,96,108)(H,97,109)(H,98,110)(H,99,111)(H,100,115)(H,101,116)/t55-,56-,57-,58-,59-,60-,61-,62-,63-,64-,65-,66-,67-/m0/s1. The second-order valence-corrected chi connectivity index (χ2v) is 33.8. The van der Waals surface area contributed by atoms with Crippen LogP contribution in [0.1, 0.15) is 257 Å². The van der Waals surface area contributed by atoms with E-state index in [2.05, 4.69) is 69.1 Å². The second kappa shape index (κ2) is 59.5. The van der Waals surface area contributed by atoms with Gasteiger partial charge >= 0.3 is 0 Å². The minimum Gasteiger partial charge on any atom is -0.368 e. The van der Waals surface area contributed by atoms with E-state index in [1.54, 1.807) is 0 Å². The highest BCUT2D eigenvalue weighted by molar-refractivity contribution is 6.00. The molecular formula is C81H153N21O15. The smallest absolute Gasteiger partial charge is 0.245 e. The minimum absolute atomic E-state index is 0.000488. The maximum absolute atomic E-state index is 14.8. The second-order valence-electron chi connectivity index (χ2n) is 33.8. The Hall–Kier alpha value is -8.19. The Kier molecular flexibility index (Phi) is 54.3. The lowest BCUT2D eigenvalue weighted by Gasteiger charge is -2.31. The minimum atomic E-state index is -1.28. The maximum atomic E-state index is 14.8. The van der Waals surface area contributed by atoms with Crippen molar-refractivity contribution in [3.63, 3.8) is 0 Å². The third-order valence-corrected chi connectivity index (χ3v) is 19.9. The number of primary amides is 1. The van der Waals surface area contributed by atoms with Gasteiger partial charge in [-0.1, -0.05) is 83.1 Å². The third kappa shape index (κ3) is 44.4. The molecule has 0 aliphatic carbocycles. The first kappa shape index (κ1) is 107. The SMILES string of the molecule is CC(=O)N[C@@H](CC(C)C)C(=O)N[C@@H](CCCCN)C(=O)N[C@@H](CCCCN)C(=O)N1CCC[C@H]1C(=O)N[C@@H](CC(C)C)C(=O)N[C@@H](CCCCN)C(=O)N[C@@H](CC(C)C)C(=O)NCC(=O)N[C@@H](CCCCN)C(=O)N[C@@H](CCCCN)C(=O)N[C@@H](CC(C)C)C(=O)N[C@@H](CC(C)C)C(=O)N[C@@H](CCCCN)C(=O)N[C@@H](CC(C)C)C(N)=O. The Labute approximate surface area is 695 Å². The molecule has 36 heteroatoms. The summed E-state index contributed by atoms with van der Waals surface area (Å²) in [5.41, 5.74) is 40.7. The van der Waals surface area contributed by atoms with E-state index in [-0.39, 0.29) is 139 Å². The zero-order chi connectivity index (χ0) is 88.4. The molecule has 0 aromatic rings. The van der Waals surface area contributed by atoms with Crippen molar-refractivity contribution < 1.29 is 71.9 Å². The van der Waals surface area contributed by atoms with Crippen molar-refractivity contribution in [1.29, 1.82) is 0 Å². The molecular weight excluding hydrogens is 1510 g/mol. The lowest BCUT2D eigenvalue weighted by Crippen LogP contribution is -2.60. The number of hydrogen-bond acceptors (Lipinski definition) is 21. The maximum Gasteiger partial charge on any atom is 0.245 e. The van der Waals surface area contributed by atoms with Gasteiger partial charge in [0.1, 0.15) is 78.5 Å². The van der Waals surface area contributed by atoms with E-state index in [0.717, 1.165) is 0 Å². The summed E-state index contributed by atoms with van der Waals surface area (Å²) in [7, 11) is 0. The van der Waals surface area contributed by atoms with Gasteiger partial charge in [-0.15, -0.1) is 0 Å². The van der Waals surface area contributed by atoms with Crippen molar-refractivity contribution in [2.24, 2.45) is 75.6 Å². The van der Waals surface area contributed by atoms with Crippen LogP contribution >= 0.6 is 0 Å². The number of unbranched alkanes of at least 4 members (excludes halogenated alkanes) is 6. The van der Waals surface area contributed by atoms with Gasteiger partial charge in [-0.05, 0) is 242 Å². The molecule has 36 nitrogen and oxygen atoms in total. The van der Waals surface area contributed by atoms with Gasteiger partial charge in [0.2, 0.25) is 88.6 Å². The summed E-state index contributed by atoms with van der Waals surface area (Å²) >= 11 is 0. The molecule has 1 saturated heterocycles. The summed E-state index contributed by atoms with van der Waals surface area (Å²) < 4.78 is 0. The lowest BCUT2D eigenvalue weighted by atomic mass is 9.98. The van der Waals surface area contributed by atoms with E-state index in [4.69, 9.17) is 40.1 Å². The molecule has 672 valence electrons. The molecule has 0 bridgehead atoms. The Morgan fingerprint density at radius 1 is 0.299 bits per heavy atom. The van der Waals surface area contributed by atoms with Crippen LogP contribution in [0.5, 0.6) is 0 Å². The van der Waals surface area contributed by atoms with Gasteiger partial charge in [0, 0.05) is 13.5 Å². The van der Waals surface area contributed by atoms with E-state index in [1.807, 2.05) is 83.1 Å². The predicted molar refractivity (Wildman–Crippen MR) is 450 cm³/mol. The predicted octanol–water partition coefficient (Wildman–Crippen LogP) is -0.533. The van der Waals surface area contributed by atoms with Crippen LogP contribution in [0.4, 0.5) is 0 Å². The third-order valence-electron chi connectivity index (χ3n) is 19.9. The normalized spacial score (nSPS) is 15.9. The van der Waals surface area contributed by atoms with Gasteiger partial charge in [0.15, 0.2) is 0 Å². The van der Waals surface area contributed by atoms with Crippen molar-refractivity contribution in [2.45, 2.75) is 335 Å². The lowest BCUT2D eigenvalue weighted by molar-refractivity contribution is -0.143. The van der Waals surface area contributed by atoms with Crippen LogP contribution in [-0.2, 0) is 71.9 Å². The monoisotopic (exact) mass is 1660 g/mol. The molecule has 27 N–H and O–H groups in total. The van der Waals surface area contributed by atoms with Crippen molar-refractivity contribution in [1.82, 2.24) is 74.0 Å². The Bertz CT molecular complexity index is 3070. The van der Waals surface area contributed by atoms with Gasteiger partial charge in [-0.25, -0.2) is 0 Å². The number of nitrogens with two attached hydrogens (primary N) is 7. The summed E-state index contributed by atoms with van der Waals surface area (Å²) in [5.74, 6) is -10.9. The molecule has 1 rings (SSSR count). The van der Waals surface area contributed by atoms with Gasteiger partial charge in [-0.3, -0.25) is 71.9 Å². The molecule has 0 radical (unpaired) electrons. The molecule has 13 atom stereocenters. The highest BCUT2D eigenvalue weighted by atomic mass is 16.2. The fourth-order valence-electron chi connectivity index (χ4n) is 13.8. The van der Waals surface area contributed by atoms with E-state index in [1.165, 1.54) is 11.8 Å². The van der Waals surface area contributed by atoms with E-state index >= 15 is 0 Å². The van der Waals surface area contributed by atoms with Crippen molar-refractivity contribution in [3.8, 4) is 0 Å². The quantitative estimate of drug-likeness (QED) is 0.0340. The first-order chi connectivity index (χ1) is 55.3. The summed E-state index contributed by atoms with van der Waals surface area (Å²) in [4.78, 5) is 212. The van der Waals surface area contributed by atoms with Crippen LogP contribution in [-0.4, -0.2) is 224 Å². The number of nitrogens with zero attached hydrogens (tertiary/aromatic N) is 1. The Morgan fingerprint density at radius 2 is 0.538 bits per heavy atom. The van der Waals surface area contributed by atoms with Crippen molar-refractivity contribution in [2.75, 3.05) is 52.4 Å². The molecule has 0 spiro atoms. The molecule has 0 aromatic heterocycles. The van der Waals surface area contributed by atoms with Crippen LogP contribution in [0, 0.1) is 35.5 Å². The zero-order valence-electron chi connectivity index (χ0n) is 72.6. The van der Waals surface area contributed by atoms with Crippen LogP contribution in [0.2, 0.25) is 0 Å². The van der Waals surface area contributed by atoms with Crippen LogP contribution < -0.4 is 109 Å². The Morgan fingerprint density at radius 3 is 0.829 bits per heavy atom. The summed E-state index contributed by atoms with van der Waals surface area (Å²) in [6, 6.07) is -15.2. The van der Waals surface area contributed by atoms with E-state index in [0.29, 0.717) is 110 Å². The van der Waals surface area contributed by atoms with Gasteiger partial charge < -0.3 is 114 Å². The Balaban J connectivity index is 3.57. The van der Waals surface area contributed by atoms with E-state index < -0.39 is 174 Å². The zero-order valence-corrected chi connectivity index (χ0v) is 72.6. The molecule has 117 heavy (non-hydrogen) atoms.